The first kappa shape index (κ1) is 15.6. The van der Waals surface area contributed by atoms with Crippen molar-refractivity contribution in [2.75, 3.05) is 7.11 Å². The zero-order valence-corrected chi connectivity index (χ0v) is 13.6. The van der Waals surface area contributed by atoms with Crippen LogP contribution in [0, 0.1) is 0 Å². The highest BCUT2D eigenvalue weighted by Gasteiger charge is 2.13. The summed E-state index contributed by atoms with van der Waals surface area (Å²) in [6, 6.07) is 12.4. The van der Waals surface area contributed by atoms with Crippen LogP contribution in [-0.2, 0) is 6.61 Å². The summed E-state index contributed by atoms with van der Waals surface area (Å²) in [7, 11) is 1.58. The van der Waals surface area contributed by atoms with Crippen LogP contribution in [-0.4, -0.2) is 17.3 Å². The van der Waals surface area contributed by atoms with Gasteiger partial charge in [0.2, 0.25) is 0 Å². The summed E-state index contributed by atoms with van der Waals surface area (Å²) in [6.45, 7) is 0.0855. The fourth-order valence-corrected chi connectivity index (χ4v) is 2.30. The number of para-hydroxylation sites is 1. The van der Waals surface area contributed by atoms with E-state index in [2.05, 4.69) is 10.2 Å². The van der Waals surface area contributed by atoms with E-state index in [4.69, 9.17) is 37.1 Å². The SMILES string of the molecule is COc1ccccc1-c1nnc(COc2cc(Cl)ccc2Cl)o1. The molecule has 0 N–H and O–H groups in total. The number of rotatable bonds is 5. The maximum Gasteiger partial charge on any atom is 0.254 e. The van der Waals surface area contributed by atoms with Gasteiger partial charge in [-0.3, -0.25) is 0 Å². The number of halogens is 2. The second kappa shape index (κ2) is 6.89. The van der Waals surface area contributed by atoms with Crippen LogP contribution in [0.3, 0.4) is 0 Å². The van der Waals surface area contributed by atoms with Crippen LogP contribution in [0.5, 0.6) is 11.5 Å². The van der Waals surface area contributed by atoms with Gasteiger partial charge >= 0.3 is 0 Å². The molecule has 0 aliphatic rings. The first-order valence-electron chi connectivity index (χ1n) is 6.71. The van der Waals surface area contributed by atoms with Crippen LogP contribution in [0.2, 0.25) is 10.0 Å². The Morgan fingerprint density at radius 1 is 1.04 bits per heavy atom. The molecule has 0 spiro atoms. The van der Waals surface area contributed by atoms with Crippen molar-refractivity contribution >= 4 is 23.2 Å². The van der Waals surface area contributed by atoms with Gasteiger partial charge in [0.25, 0.3) is 11.8 Å². The third kappa shape index (κ3) is 3.57. The number of hydrogen-bond donors (Lipinski definition) is 0. The van der Waals surface area contributed by atoms with Gasteiger partial charge < -0.3 is 13.9 Å². The van der Waals surface area contributed by atoms with Crippen LogP contribution < -0.4 is 9.47 Å². The van der Waals surface area contributed by atoms with Crippen molar-refractivity contribution in [3.63, 3.8) is 0 Å². The molecule has 3 aromatic rings. The molecular weight excluding hydrogens is 339 g/mol. The monoisotopic (exact) mass is 350 g/mol. The summed E-state index contributed by atoms with van der Waals surface area (Å²) < 4.78 is 16.4. The lowest BCUT2D eigenvalue weighted by Crippen LogP contribution is -1.96. The molecule has 0 aliphatic carbocycles. The molecule has 0 saturated heterocycles. The molecule has 0 aliphatic heterocycles. The summed E-state index contributed by atoms with van der Waals surface area (Å²) >= 11 is 11.9. The lowest BCUT2D eigenvalue weighted by molar-refractivity contribution is 0.264. The average molecular weight is 351 g/mol. The third-order valence-electron chi connectivity index (χ3n) is 3.05. The minimum Gasteiger partial charge on any atom is -0.496 e. The fraction of sp³-hybridized carbons (Fsp3) is 0.125. The maximum absolute atomic E-state index is 6.04. The van der Waals surface area contributed by atoms with Gasteiger partial charge in [-0.2, -0.15) is 0 Å². The van der Waals surface area contributed by atoms with Crippen LogP contribution in [0.25, 0.3) is 11.5 Å². The number of nitrogens with zero attached hydrogens (tertiary/aromatic N) is 2. The molecule has 0 radical (unpaired) electrons. The van der Waals surface area contributed by atoms with E-state index in [1.54, 1.807) is 25.3 Å². The molecule has 5 nitrogen and oxygen atoms in total. The predicted octanol–water partition coefficient (Wildman–Crippen LogP) is 4.63. The lowest BCUT2D eigenvalue weighted by Gasteiger charge is -2.06. The minimum atomic E-state index is 0.0855. The molecule has 1 heterocycles. The molecule has 7 heteroatoms. The molecule has 0 bridgehead atoms. The Morgan fingerprint density at radius 2 is 1.87 bits per heavy atom. The van der Waals surface area contributed by atoms with Gasteiger partial charge in [0.05, 0.1) is 17.7 Å². The predicted molar refractivity (Wildman–Crippen MR) is 87.1 cm³/mol. The Kier molecular flexibility index (Phi) is 4.69. The van der Waals surface area contributed by atoms with Crippen molar-refractivity contribution < 1.29 is 13.9 Å². The maximum atomic E-state index is 6.04. The average Bonchev–Trinajstić information content (AvgIpc) is 3.04. The first-order valence-corrected chi connectivity index (χ1v) is 7.46. The number of benzene rings is 2. The first-order chi connectivity index (χ1) is 11.2. The van der Waals surface area contributed by atoms with E-state index in [0.29, 0.717) is 33.3 Å². The van der Waals surface area contributed by atoms with E-state index in [1.807, 2.05) is 24.3 Å². The van der Waals surface area contributed by atoms with Crippen molar-refractivity contribution in [1.29, 1.82) is 0 Å². The van der Waals surface area contributed by atoms with Gasteiger partial charge in [-0.05, 0) is 24.3 Å². The Hall–Kier alpha value is -2.24. The molecule has 0 atom stereocenters. The summed E-state index contributed by atoms with van der Waals surface area (Å²) in [5, 5.41) is 8.96. The highest BCUT2D eigenvalue weighted by atomic mass is 35.5. The van der Waals surface area contributed by atoms with Crippen molar-refractivity contribution in [1.82, 2.24) is 10.2 Å². The molecule has 3 rings (SSSR count). The van der Waals surface area contributed by atoms with Gasteiger partial charge in [-0.1, -0.05) is 35.3 Å². The normalized spacial score (nSPS) is 10.6. The molecule has 1 aromatic heterocycles. The van der Waals surface area contributed by atoms with Gasteiger partial charge in [0.15, 0.2) is 6.61 Å². The van der Waals surface area contributed by atoms with E-state index in [-0.39, 0.29) is 6.61 Å². The topological polar surface area (TPSA) is 57.4 Å². The molecule has 118 valence electrons. The van der Waals surface area contributed by atoms with E-state index in [9.17, 15) is 0 Å². The van der Waals surface area contributed by atoms with E-state index >= 15 is 0 Å². The fourth-order valence-electron chi connectivity index (χ4n) is 1.97. The third-order valence-corrected chi connectivity index (χ3v) is 3.60. The van der Waals surface area contributed by atoms with Gasteiger partial charge in [0, 0.05) is 11.1 Å². The molecule has 0 unspecified atom stereocenters. The number of hydrogen-bond acceptors (Lipinski definition) is 5. The molecule has 0 fully saturated rings. The van der Waals surface area contributed by atoms with Gasteiger partial charge in [-0.15, -0.1) is 10.2 Å². The Bertz CT molecular complexity index is 821. The highest BCUT2D eigenvalue weighted by molar-refractivity contribution is 6.34. The van der Waals surface area contributed by atoms with E-state index < -0.39 is 0 Å². The largest absolute Gasteiger partial charge is 0.496 e. The Morgan fingerprint density at radius 3 is 2.70 bits per heavy atom. The molecule has 23 heavy (non-hydrogen) atoms. The zero-order valence-electron chi connectivity index (χ0n) is 12.1. The molecular formula is C16H12Cl2N2O3. The summed E-state index contributed by atoms with van der Waals surface area (Å²) in [6.07, 6.45) is 0. The van der Waals surface area contributed by atoms with E-state index in [1.165, 1.54) is 0 Å². The Balaban J connectivity index is 1.76. The molecule has 0 amide bonds. The van der Waals surface area contributed by atoms with Crippen LogP contribution in [0.15, 0.2) is 46.9 Å². The summed E-state index contributed by atoms with van der Waals surface area (Å²) in [5.74, 6) is 1.79. The van der Waals surface area contributed by atoms with Crippen molar-refractivity contribution in [3.8, 4) is 23.0 Å². The number of aromatic nitrogens is 2. The second-order valence-electron chi connectivity index (χ2n) is 4.56. The second-order valence-corrected chi connectivity index (χ2v) is 5.41. The van der Waals surface area contributed by atoms with E-state index in [0.717, 1.165) is 5.56 Å². The summed E-state index contributed by atoms with van der Waals surface area (Å²) in [4.78, 5) is 0. The van der Waals surface area contributed by atoms with Crippen molar-refractivity contribution in [3.05, 3.63) is 58.4 Å². The quantitative estimate of drug-likeness (QED) is 0.671. The molecule has 0 saturated carbocycles. The van der Waals surface area contributed by atoms with Crippen LogP contribution >= 0.6 is 23.2 Å². The Labute approximate surface area is 142 Å². The molecule has 2 aromatic carbocycles. The number of methoxy groups -OCH3 is 1. The van der Waals surface area contributed by atoms with Crippen LogP contribution in [0.1, 0.15) is 5.89 Å². The van der Waals surface area contributed by atoms with Crippen LogP contribution in [0.4, 0.5) is 0 Å². The zero-order chi connectivity index (χ0) is 16.2. The van der Waals surface area contributed by atoms with Crippen molar-refractivity contribution in [2.24, 2.45) is 0 Å². The van der Waals surface area contributed by atoms with Crippen molar-refractivity contribution in [2.45, 2.75) is 6.61 Å². The van der Waals surface area contributed by atoms with Gasteiger partial charge in [-0.25, -0.2) is 0 Å². The number of ether oxygens (including phenoxy) is 2. The highest BCUT2D eigenvalue weighted by Crippen LogP contribution is 2.30. The van der Waals surface area contributed by atoms with Gasteiger partial charge in [0.1, 0.15) is 11.5 Å². The minimum absolute atomic E-state index is 0.0855. The lowest BCUT2D eigenvalue weighted by atomic mass is 10.2. The smallest absolute Gasteiger partial charge is 0.254 e. The summed E-state index contributed by atoms with van der Waals surface area (Å²) in [5.41, 5.74) is 0.717. The standard InChI is InChI=1S/C16H12Cl2N2O3/c1-21-13-5-3-2-4-11(13)16-20-19-15(23-16)9-22-14-8-10(17)6-7-12(14)18/h2-8H,9H2,1H3.